The van der Waals surface area contributed by atoms with E-state index in [9.17, 15) is 5.11 Å². The van der Waals surface area contributed by atoms with Crippen LogP contribution in [0.1, 0.15) is 30.2 Å². The quantitative estimate of drug-likeness (QED) is 0.502. The van der Waals surface area contributed by atoms with Crippen molar-refractivity contribution in [3.63, 3.8) is 0 Å². The Bertz CT molecular complexity index is 1030. The topological polar surface area (TPSA) is 83.4 Å². The third kappa shape index (κ3) is 5.88. The molecule has 1 aliphatic rings. The standard InChI is InChI=1S/C25H31N5O2/c1-32-24-10-9-22-25(29-24)21(11-14-28-22)23(31)18-30-15-5-6-19(17-30)16-26-12-4-8-20-7-2-3-13-27-20/h2-4,7-11,13-14,19,23,26,31H,5-6,12,15-18H2,1H3. The molecule has 4 heterocycles. The predicted molar refractivity (Wildman–Crippen MR) is 126 cm³/mol. The van der Waals surface area contributed by atoms with Crippen LogP contribution in [-0.2, 0) is 0 Å². The minimum absolute atomic E-state index is 0.528. The first kappa shape index (κ1) is 22.3. The SMILES string of the molecule is COc1ccc2nccc(C(O)CN3CCCC(CNCC=Cc4ccccn4)C3)c2n1. The molecule has 1 saturated heterocycles. The lowest BCUT2D eigenvalue weighted by Crippen LogP contribution is -2.41. The number of aliphatic hydroxyl groups is 1. The molecule has 0 aromatic carbocycles. The second kappa shape index (κ2) is 11.1. The number of methoxy groups -OCH3 is 1. The summed E-state index contributed by atoms with van der Waals surface area (Å²) in [6, 6.07) is 11.4. The second-order valence-corrected chi connectivity index (χ2v) is 8.22. The van der Waals surface area contributed by atoms with Crippen molar-refractivity contribution < 1.29 is 9.84 Å². The van der Waals surface area contributed by atoms with Gasteiger partial charge in [0.15, 0.2) is 0 Å². The van der Waals surface area contributed by atoms with Gasteiger partial charge in [0.05, 0.1) is 29.9 Å². The average Bonchev–Trinajstić information content (AvgIpc) is 2.84. The van der Waals surface area contributed by atoms with Gasteiger partial charge in [-0.2, -0.15) is 0 Å². The molecule has 0 radical (unpaired) electrons. The van der Waals surface area contributed by atoms with Gasteiger partial charge >= 0.3 is 0 Å². The highest BCUT2D eigenvalue weighted by atomic mass is 16.5. The average molecular weight is 434 g/mol. The predicted octanol–water partition coefficient (Wildman–Crippen LogP) is 3.08. The zero-order valence-corrected chi connectivity index (χ0v) is 18.5. The van der Waals surface area contributed by atoms with E-state index in [1.165, 1.54) is 6.42 Å². The van der Waals surface area contributed by atoms with Crippen molar-refractivity contribution in [2.45, 2.75) is 18.9 Å². The Labute approximate surface area is 189 Å². The van der Waals surface area contributed by atoms with Crippen LogP contribution in [0.2, 0.25) is 0 Å². The highest BCUT2D eigenvalue weighted by Gasteiger charge is 2.23. The summed E-state index contributed by atoms with van der Waals surface area (Å²) in [5.41, 5.74) is 3.24. The van der Waals surface area contributed by atoms with Gasteiger partial charge in [-0.05, 0) is 62.2 Å². The van der Waals surface area contributed by atoms with Crippen molar-refractivity contribution in [2.24, 2.45) is 5.92 Å². The molecule has 0 spiro atoms. The molecule has 2 unspecified atom stereocenters. The monoisotopic (exact) mass is 433 g/mol. The summed E-state index contributed by atoms with van der Waals surface area (Å²) in [6.45, 7) is 4.37. The molecule has 2 N–H and O–H groups in total. The molecule has 168 valence electrons. The Morgan fingerprint density at radius 3 is 3.00 bits per heavy atom. The zero-order valence-electron chi connectivity index (χ0n) is 18.5. The van der Waals surface area contributed by atoms with Gasteiger partial charge < -0.3 is 20.1 Å². The molecule has 0 aliphatic carbocycles. The van der Waals surface area contributed by atoms with Gasteiger partial charge in [-0.15, -0.1) is 0 Å². The molecule has 3 aromatic rings. The Hall–Kier alpha value is -2.87. The van der Waals surface area contributed by atoms with Crippen LogP contribution in [-0.4, -0.2) is 64.8 Å². The number of pyridine rings is 3. The number of rotatable bonds is 9. The lowest BCUT2D eigenvalue weighted by atomic mass is 9.97. The molecule has 0 amide bonds. The fourth-order valence-electron chi connectivity index (χ4n) is 4.26. The molecular weight excluding hydrogens is 402 g/mol. The van der Waals surface area contributed by atoms with Gasteiger partial charge in [0.2, 0.25) is 5.88 Å². The third-order valence-electron chi connectivity index (χ3n) is 5.86. The molecular formula is C25H31N5O2. The molecule has 2 atom stereocenters. The highest BCUT2D eigenvalue weighted by molar-refractivity contribution is 5.78. The smallest absolute Gasteiger partial charge is 0.213 e. The van der Waals surface area contributed by atoms with E-state index in [0.29, 0.717) is 23.9 Å². The molecule has 7 heteroatoms. The fraction of sp³-hybridized carbons (Fsp3) is 0.400. The van der Waals surface area contributed by atoms with Crippen LogP contribution >= 0.6 is 0 Å². The summed E-state index contributed by atoms with van der Waals surface area (Å²) in [6.07, 6.45) is 9.43. The van der Waals surface area contributed by atoms with Crippen LogP contribution in [0.25, 0.3) is 17.1 Å². The summed E-state index contributed by atoms with van der Waals surface area (Å²) in [7, 11) is 1.59. The Morgan fingerprint density at radius 2 is 2.16 bits per heavy atom. The summed E-state index contributed by atoms with van der Waals surface area (Å²) >= 11 is 0. The number of aromatic nitrogens is 3. The van der Waals surface area contributed by atoms with Crippen molar-refractivity contribution in [3.8, 4) is 5.88 Å². The van der Waals surface area contributed by atoms with Gasteiger partial charge in [-0.25, -0.2) is 4.98 Å². The summed E-state index contributed by atoms with van der Waals surface area (Å²) < 4.78 is 5.25. The molecule has 3 aromatic heterocycles. The first-order valence-corrected chi connectivity index (χ1v) is 11.2. The lowest BCUT2D eigenvalue weighted by molar-refractivity contribution is 0.0850. The normalized spacial score (nSPS) is 18.2. The van der Waals surface area contributed by atoms with Gasteiger partial charge in [-0.3, -0.25) is 9.97 Å². The van der Waals surface area contributed by atoms with E-state index in [1.807, 2.05) is 36.4 Å². The van der Waals surface area contributed by atoms with Crippen molar-refractivity contribution in [1.82, 2.24) is 25.2 Å². The van der Waals surface area contributed by atoms with Gasteiger partial charge in [-0.1, -0.05) is 12.1 Å². The van der Waals surface area contributed by atoms with E-state index in [4.69, 9.17) is 4.74 Å². The molecule has 32 heavy (non-hydrogen) atoms. The van der Waals surface area contributed by atoms with Gasteiger partial charge in [0.25, 0.3) is 0 Å². The van der Waals surface area contributed by atoms with E-state index in [2.05, 4.69) is 31.2 Å². The van der Waals surface area contributed by atoms with E-state index in [-0.39, 0.29) is 0 Å². The van der Waals surface area contributed by atoms with E-state index in [1.54, 1.807) is 25.6 Å². The molecule has 0 saturated carbocycles. The van der Waals surface area contributed by atoms with Crippen LogP contribution in [0.15, 0.2) is 54.9 Å². The maximum Gasteiger partial charge on any atom is 0.213 e. The van der Waals surface area contributed by atoms with Gasteiger partial charge in [0.1, 0.15) is 0 Å². The number of fused-ring (bicyclic) bond motifs is 1. The fourth-order valence-corrected chi connectivity index (χ4v) is 4.26. The number of hydrogen-bond acceptors (Lipinski definition) is 7. The number of likely N-dealkylation sites (tertiary alicyclic amines) is 1. The summed E-state index contributed by atoms with van der Waals surface area (Å²) in [5.74, 6) is 1.10. The lowest BCUT2D eigenvalue weighted by Gasteiger charge is -2.34. The number of ether oxygens (including phenoxy) is 1. The Kier molecular flexibility index (Phi) is 7.77. The number of aliphatic hydroxyl groups excluding tert-OH is 1. The van der Waals surface area contributed by atoms with E-state index >= 15 is 0 Å². The molecule has 4 rings (SSSR count). The molecule has 0 bridgehead atoms. The van der Waals surface area contributed by atoms with Crippen molar-refractivity contribution in [2.75, 3.05) is 39.8 Å². The van der Waals surface area contributed by atoms with Crippen LogP contribution in [0.3, 0.4) is 0 Å². The second-order valence-electron chi connectivity index (χ2n) is 8.22. The maximum atomic E-state index is 11.0. The van der Waals surface area contributed by atoms with E-state index in [0.717, 1.165) is 49.4 Å². The maximum absolute atomic E-state index is 11.0. The van der Waals surface area contributed by atoms with Crippen molar-refractivity contribution in [3.05, 3.63) is 66.1 Å². The first-order chi connectivity index (χ1) is 15.7. The van der Waals surface area contributed by atoms with Crippen molar-refractivity contribution in [1.29, 1.82) is 0 Å². The number of β-amino-alcohol motifs (C(OH)–C–C–N with tert-alkyl or cyclic N) is 1. The number of piperidine rings is 1. The number of nitrogens with zero attached hydrogens (tertiary/aromatic N) is 4. The minimum Gasteiger partial charge on any atom is -0.481 e. The highest BCUT2D eigenvalue weighted by Crippen LogP contribution is 2.25. The van der Waals surface area contributed by atoms with Crippen LogP contribution in [0, 0.1) is 5.92 Å². The van der Waals surface area contributed by atoms with E-state index < -0.39 is 6.10 Å². The Balaban J connectivity index is 1.29. The number of hydrogen-bond donors (Lipinski definition) is 2. The largest absolute Gasteiger partial charge is 0.481 e. The van der Waals surface area contributed by atoms with Crippen LogP contribution < -0.4 is 10.1 Å². The summed E-state index contributed by atoms with van der Waals surface area (Å²) in [4.78, 5) is 15.5. The van der Waals surface area contributed by atoms with Crippen LogP contribution in [0.5, 0.6) is 5.88 Å². The van der Waals surface area contributed by atoms with Gasteiger partial charge in [0, 0.05) is 43.7 Å². The first-order valence-electron chi connectivity index (χ1n) is 11.2. The zero-order chi connectivity index (χ0) is 22.2. The summed E-state index contributed by atoms with van der Waals surface area (Å²) in [5, 5.41) is 14.5. The molecule has 1 fully saturated rings. The minimum atomic E-state index is -0.617. The molecule has 1 aliphatic heterocycles. The van der Waals surface area contributed by atoms with Crippen LogP contribution in [0.4, 0.5) is 0 Å². The Morgan fingerprint density at radius 1 is 1.22 bits per heavy atom. The number of nitrogens with one attached hydrogen (secondary N) is 1. The van der Waals surface area contributed by atoms with Crippen molar-refractivity contribution >= 4 is 17.1 Å². The third-order valence-corrected chi connectivity index (χ3v) is 5.86. The molecule has 7 nitrogen and oxygen atoms in total.